The van der Waals surface area contributed by atoms with Crippen LogP contribution in [-0.4, -0.2) is 27.3 Å². The van der Waals surface area contributed by atoms with E-state index < -0.39 is 4.92 Å². The number of nitrogens with zero attached hydrogens (tertiary/aromatic N) is 2. The van der Waals surface area contributed by atoms with Crippen LogP contribution in [0.1, 0.15) is 19.2 Å². The molecule has 86 valence electrons. The third-order valence-electron chi connectivity index (χ3n) is 1.74. The van der Waals surface area contributed by atoms with Gasteiger partial charge in [0.15, 0.2) is 0 Å². The number of aromatic nitrogens is 2. The van der Waals surface area contributed by atoms with Gasteiger partial charge in [-0.2, -0.15) is 0 Å². The highest BCUT2D eigenvalue weighted by Gasteiger charge is 2.06. The maximum atomic E-state index is 10.5. The van der Waals surface area contributed by atoms with Gasteiger partial charge in [0.2, 0.25) is 11.7 Å². The van der Waals surface area contributed by atoms with Crippen LogP contribution in [0.4, 0.5) is 5.82 Å². The molecule has 0 aliphatic rings. The van der Waals surface area contributed by atoms with E-state index in [0.717, 1.165) is 6.20 Å². The van der Waals surface area contributed by atoms with Crippen molar-refractivity contribution in [3.8, 4) is 0 Å². The summed E-state index contributed by atoms with van der Waals surface area (Å²) in [6.45, 7) is 1.98. The number of imidazole rings is 1. The van der Waals surface area contributed by atoms with Crippen LogP contribution in [0.15, 0.2) is 12.3 Å². The van der Waals surface area contributed by atoms with Crippen LogP contribution in [-0.2, 0) is 4.79 Å². The Morgan fingerprint density at radius 2 is 2.50 bits per heavy atom. The van der Waals surface area contributed by atoms with Crippen molar-refractivity contribution in [2.45, 2.75) is 13.3 Å². The summed E-state index contributed by atoms with van der Waals surface area (Å²) >= 11 is 0. The van der Waals surface area contributed by atoms with Crippen molar-refractivity contribution in [1.29, 1.82) is 0 Å². The van der Waals surface area contributed by atoms with Crippen LogP contribution < -0.4 is 5.32 Å². The van der Waals surface area contributed by atoms with Gasteiger partial charge in [-0.3, -0.25) is 4.79 Å². The molecule has 16 heavy (non-hydrogen) atoms. The van der Waals surface area contributed by atoms with Gasteiger partial charge in [0.25, 0.3) is 0 Å². The van der Waals surface area contributed by atoms with E-state index in [-0.39, 0.29) is 11.7 Å². The fourth-order valence-electron chi connectivity index (χ4n) is 1.03. The number of aromatic amines is 1. The van der Waals surface area contributed by atoms with Gasteiger partial charge < -0.3 is 15.4 Å². The third-order valence-corrected chi connectivity index (χ3v) is 1.74. The van der Waals surface area contributed by atoms with Crippen molar-refractivity contribution in [3.05, 3.63) is 28.2 Å². The average molecular weight is 224 g/mol. The van der Waals surface area contributed by atoms with Gasteiger partial charge in [-0.15, -0.1) is 0 Å². The Kier molecular flexibility index (Phi) is 4.19. The Hall–Kier alpha value is -2.18. The van der Waals surface area contributed by atoms with Gasteiger partial charge in [-0.25, -0.2) is 9.97 Å². The van der Waals surface area contributed by atoms with Gasteiger partial charge in [-0.05, 0) is 11.3 Å². The number of carbonyl (C=O) groups is 1. The molecule has 2 N–H and O–H groups in total. The summed E-state index contributed by atoms with van der Waals surface area (Å²) in [6.07, 6.45) is 5.22. The van der Waals surface area contributed by atoms with E-state index in [1.165, 1.54) is 6.92 Å². The van der Waals surface area contributed by atoms with Gasteiger partial charge in [0.1, 0.15) is 6.20 Å². The van der Waals surface area contributed by atoms with Gasteiger partial charge in [0.05, 0.1) is 0 Å². The molecule has 0 fully saturated rings. The molecule has 7 nitrogen and oxygen atoms in total. The topological polar surface area (TPSA) is 101 Å². The van der Waals surface area contributed by atoms with E-state index >= 15 is 0 Å². The zero-order valence-electron chi connectivity index (χ0n) is 8.77. The molecule has 1 aromatic heterocycles. The molecule has 0 unspecified atom stereocenters. The molecule has 0 aliphatic carbocycles. The molecule has 0 bridgehead atoms. The molecule has 0 spiro atoms. The Morgan fingerprint density at radius 1 is 1.75 bits per heavy atom. The number of nitrogens with one attached hydrogen (secondary N) is 2. The Balaban J connectivity index is 2.38. The molecule has 1 rings (SSSR count). The normalized spacial score (nSPS) is 10.6. The second-order valence-electron chi connectivity index (χ2n) is 3.08. The van der Waals surface area contributed by atoms with Crippen LogP contribution in [0.2, 0.25) is 0 Å². The molecule has 1 amide bonds. The second-order valence-corrected chi connectivity index (χ2v) is 3.08. The van der Waals surface area contributed by atoms with Crippen LogP contribution in [0, 0.1) is 10.1 Å². The molecule has 1 heterocycles. The molecular formula is C9H12N4O3. The number of nitro groups is 1. The maximum Gasteiger partial charge on any atom is 0.340 e. The first kappa shape index (κ1) is 11.9. The minimum atomic E-state index is -0.540. The minimum absolute atomic E-state index is 0.0814. The summed E-state index contributed by atoms with van der Waals surface area (Å²) in [5.41, 5.74) is 0. The lowest BCUT2D eigenvalue weighted by Crippen LogP contribution is -2.20. The highest BCUT2D eigenvalue weighted by Crippen LogP contribution is 2.07. The molecule has 0 saturated carbocycles. The fraction of sp³-hybridized carbons (Fsp3) is 0.333. The van der Waals surface area contributed by atoms with E-state index in [1.807, 2.05) is 0 Å². The summed E-state index contributed by atoms with van der Waals surface area (Å²) < 4.78 is 0. The first-order valence-corrected chi connectivity index (χ1v) is 4.70. The van der Waals surface area contributed by atoms with Crippen molar-refractivity contribution in [1.82, 2.24) is 15.3 Å². The van der Waals surface area contributed by atoms with E-state index in [4.69, 9.17) is 0 Å². The average Bonchev–Trinajstić information content (AvgIpc) is 2.65. The molecule has 0 saturated heterocycles. The lowest BCUT2D eigenvalue weighted by atomic mass is 10.3. The quantitative estimate of drug-likeness (QED) is 0.440. The van der Waals surface area contributed by atoms with E-state index in [0.29, 0.717) is 18.8 Å². The van der Waals surface area contributed by atoms with Gasteiger partial charge in [0, 0.05) is 19.5 Å². The summed E-state index contributed by atoms with van der Waals surface area (Å²) in [6, 6.07) is 0. The predicted molar refractivity (Wildman–Crippen MR) is 57.6 cm³/mol. The second kappa shape index (κ2) is 5.64. The van der Waals surface area contributed by atoms with Crippen LogP contribution >= 0.6 is 0 Å². The van der Waals surface area contributed by atoms with Gasteiger partial charge >= 0.3 is 5.82 Å². The smallest absolute Gasteiger partial charge is 0.340 e. The summed E-state index contributed by atoms with van der Waals surface area (Å²) in [5, 5.41) is 13.0. The zero-order valence-corrected chi connectivity index (χ0v) is 8.77. The number of H-pyrrole nitrogens is 1. The number of amides is 1. The Bertz CT molecular complexity index is 411. The lowest BCUT2D eigenvalue weighted by molar-refractivity contribution is -0.389. The van der Waals surface area contributed by atoms with E-state index in [9.17, 15) is 14.9 Å². The zero-order chi connectivity index (χ0) is 12.0. The van der Waals surface area contributed by atoms with Crippen molar-refractivity contribution in [2.24, 2.45) is 0 Å². The number of hydrogen-bond acceptors (Lipinski definition) is 4. The molecule has 0 aromatic carbocycles. The monoisotopic (exact) mass is 224 g/mol. The van der Waals surface area contributed by atoms with Crippen molar-refractivity contribution in [3.63, 3.8) is 0 Å². The summed E-state index contributed by atoms with van der Waals surface area (Å²) in [5.74, 6) is 0.207. The molecule has 7 heteroatoms. The predicted octanol–water partition coefficient (Wildman–Crippen LogP) is 0.857. The Morgan fingerprint density at radius 3 is 3.06 bits per heavy atom. The highest BCUT2D eigenvalue weighted by atomic mass is 16.6. The Labute approximate surface area is 91.7 Å². The minimum Gasteiger partial charge on any atom is -0.358 e. The number of rotatable bonds is 5. The maximum absolute atomic E-state index is 10.5. The molecular weight excluding hydrogens is 212 g/mol. The van der Waals surface area contributed by atoms with Crippen LogP contribution in [0.3, 0.4) is 0 Å². The van der Waals surface area contributed by atoms with Crippen LogP contribution in [0.5, 0.6) is 0 Å². The van der Waals surface area contributed by atoms with E-state index in [2.05, 4.69) is 15.3 Å². The van der Waals surface area contributed by atoms with Crippen LogP contribution in [0.25, 0.3) is 6.08 Å². The SMILES string of the molecule is CC(=O)NCCC=Cc1ncc([N+](=O)[O-])[nH]1. The van der Waals surface area contributed by atoms with Crippen molar-refractivity contribution >= 4 is 17.8 Å². The third kappa shape index (κ3) is 3.91. The molecule has 0 radical (unpaired) electrons. The van der Waals surface area contributed by atoms with Gasteiger partial charge in [-0.1, -0.05) is 6.08 Å². The van der Waals surface area contributed by atoms with Crippen molar-refractivity contribution in [2.75, 3.05) is 6.54 Å². The molecule has 0 atom stereocenters. The van der Waals surface area contributed by atoms with E-state index in [1.54, 1.807) is 12.2 Å². The summed E-state index contributed by atoms with van der Waals surface area (Å²) in [4.78, 5) is 26.6. The first-order chi connectivity index (χ1) is 7.59. The standard InChI is InChI=1S/C9H12N4O3/c1-7(14)10-5-3-2-4-8-11-6-9(12-8)13(15)16/h2,4,6H,3,5H2,1H3,(H,10,14)(H,11,12). The summed E-state index contributed by atoms with van der Waals surface area (Å²) in [7, 11) is 0. The highest BCUT2D eigenvalue weighted by molar-refractivity contribution is 5.72. The van der Waals surface area contributed by atoms with Crippen molar-refractivity contribution < 1.29 is 9.72 Å². The first-order valence-electron chi connectivity index (χ1n) is 4.70. The fourth-order valence-corrected chi connectivity index (χ4v) is 1.03. The molecule has 0 aliphatic heterocycles. The molecule has 1 aromatic rings. The number of hydrogen-bond donors (Lipinski definition) is 2. The lowest BCUT2D eigenvalue weighted by Gasteiger charge is -1.95. The largest absolute Gasteiger partial charge is 0.358 e. The number of carbonyl (C=O) groups excluding carboxylic acids is 1.